The van der Waals surface area contributed by atoms with Crippen LogP contribution in [0.2, 0.25) is 0 Å². The number of amides is 1. The van der Waals surface area contributed by atoms with Crippen LogP contribution in [0.4, 0.5) is 0 Å². The number of nitrogens with zero attached hydrogens (tertiary/aromatic N) is 2. The highest BCUT2D eigenvalue weighted by molar-refractivity contribution is 5.93. The van der Waals surface area contributed by atoms with Crippen LogP contribution >= 0.6 is 0 Å². The van der Waals surface area contributed by atoms with Gasteiger partial charge in [-0.3, -0.25) is 9.78 Å². The molecule has 2 aromatic rings. The molecule has 0 saturated carbocycles. The highest BCUT2D eigenvalue weighted by Crippen LogP contribution is 2.46. The van der Waals surface area contributed by atoms with E-state index in [9.17, 15) is 9.90 Å². The summed E-state index contributed by atoms with van der Waals surface area (Å²) in [5, 5.41) is 10.9. The Morgan fingerprint density at radius 2 is 2.00 bits per heavy atom. The Bertz CT molecular complexity index is 654. The molecular weight excluding hydrogens is 280 g/mol. The van der Waals surface area contributed by atoms with Crippen molar-refractivity contribution in [2.45, 2.75) is 43.4 Å². The second kappa shape index (κ2) is 4.95. The summed E-state index contributed by atoms with van der Waals surface area (Å²) in [7, 11) is 0. The molecule has 0 radical (unpaired) electrons. The maximum absolute atomic E-state index is 12.7. The molecule has 22 heavy (non-hydrogen) atoms. The normalized spacial score (nSPS) is 30.5. The first kappa shape index (κ1) is 13.5. The molecule has 0 aliphatic carbocycles. The molecule has 1 unspecified atom stereocenters. The number of piperidine rings is 1. The summed E-state index contributed by atoms with van der Waals surface area (Å²) < 4.78 is 5.41. The van der Waals surface area contributed by atoms with Crippen molar-refractivity contribution in [2.75, 3.05) is 0 Å². The van der Waals surface area contributed by atoms with Crippen molar-refractivity contribution in [2.24, 2.45) is 0 Å². The van der Waals surface area contributed by atoms with Crippen LogP contribution in [0.15, 0.2) is 47.2 Å². The van der Waals surface area contributed by atoms with Gasteiger partial charge in [0, 0.05) is 31.1 Å². The van der Waals surface area contributed by atoms with Gasteiger partial charge in [0.15, 0.2) is 0 Å². The standard InChI is InChI=1S/C17H18N2O3/c20-16(14-4-1-2-8-18-14)19-12-6-7-13(19)11-17(21,10-12)15-5-3-9-22-15/h1-5,8-9,12-13,21H,6-7,10-11H2/t12-,13+,17?. The second-order valence-corrected chi connectivity index (χ2v) is 6.23. The van der Waals surface area contributed by atoms with Crippen LogP contribution in [0.25, 0.3) is 0 Å². The van der Waals surface area contributed by atoms with Gasteiger partial charge in [0.25, 0.3) is 5.91 Å². The van der Waals surface area contributed by atoms with E-state index < -0.39 is 5.60 Å². The molecule has 0 aromatic carbocycles. The zero-order valence-corrected chi connectivity index (χ0v) is 12.2. The predicted octanol–water partition coefficient (Wildman–Crippen LogP) is 2.33. The quantitative estimate of drug-likeness (QED) is 0.924. The summed E-state index contributed by atoms with van der Waals surface area (Å²) in [5.41, 5.74) is -0.487. The Morgan fingerprint density at radius 1 is 1.23 bits per heavy atom. The van der Waals surface area contributed by atoms with Crippen molar-refractivity contribution in [1.82, 2.24) is 9.88 Å². The lowest BCUT2D eigenvalue weighted by atomic mass is 9.84. The molecule has 2 fully saturated rings. The number of rotatable bonds is 2. The van der Waals surface area contributed by atoms with Crippen LogP contribution in [0.1, 0.15) is 41.9 Å². The first-order valence-electron chi connectivity index (χ1n) is 7.67. The van der Waals surface area contributed by atoms with Crippen molar-refractivity contribution in [3.05, 3.63) is 54.2 Å². The van der Waals surface area contributed by atoms with E-state index in [1.54, 1.807) is 30.7 Å². The maximum Gasteiger partial charge on any atom is 0.272 e. The number of pyridine rings is 1. The van der Waals surface area contributed by atoms with E-state index in [0.29, 0.717) is 24.3 Å². The molecule has 2 saturated heterocycles. The fourth-order valence-corrected chi connectivity index (χ4v) is 3.92. The number of aromatic nitrogens is 1. The minimum atomic E-state index is -0.962. The van der Waals surface area contributed by atoms with Gasteiger partial charge in [-0.2, -0.15) is 0 Å². The van der Waals surface area contributed by atoms with Gasteiger partial charge in [0.2, 0.25) is 0 Å². The third kappa shape index (κ3) is 2.04. The molecule has 4 heterocycles. The fourth-order valence-electron chi connectivity index (χ4n) is 3.92. The average molecular weight is 298 g/mol. The highest BCUT2D eigenvalue weighted by atomic mass is 16.4. The molecule has 3 atom stereocenters. The number of carbonyl (C=O) groups excluding carboxylic acids is 1. The zero-order chi connectivity index (χ0) is 15.2. The van der Waals surface area contributed by atoms with Crippen molar-refractivity contribution < 1.29 is 14.3 Å². The van der Waals surface area contributed by atoms with Crippen LogP contribution in [-0.4, -0.2) is 33.0 Å². The smallest absolute Gasteiger partial charge is 0.272 e. The van der Waals surface area contributed by atoms with Gasteiger partial charge in [0.1, 0.15) is 17.1 Å². The van der Waals surface area contributed by atoms with Crippen LogP contribution < -0.4 is 0 Å². The number of fused-ring (bicyclic) bond motifs is 2. The molecule has 1 amide bonds. The van der Waals surface area contributed by atoms with Gasteiger partial charge in [-0.25, -0.2) is 0 Å². The summed E-state index contributed by atoms with van der Waals surface area (Å²) in [4.78, 5) is 18.8. The lowest BCUT2D eigenvalue weighted by Gasteiger charge is -2.42. The van der Waals surface area contributed by atoms with Crippen LogP contribution in [0.5, 0.6) is 0 Å². The van der Waals surface area contributed by atoms with E-state index in [1.165, 1.54) is 0 Å². The van der Waals surface area contributed by atoms with Crippen molar-refractivity contribution in [1.29, 1.82) is 0 Å². The van der Waals surface area contributed by atoms with Gasteiger partial charge in [-0.05, 0) is 37.1 Å². The molecule has 1 N–H and O–H groups in total. The van der Waals surface area contributed by atoms with Crippen LogP contribution in [0, 0.1) is 0 Å². The molecule has 5 heteroatoms. The molecular formula is C17H18N2O3. The molecule has 5 nitrogen and oxygen atoms in total. The third-order valence-corrected chi connectivity index (χ3v) is 4.86. The largest absolute Gasteiger partial charge is 0.466 e. The summed E-state index contributed by atoms with van der Waals surface area (Å²) in [6.45, 7) is 0. The lowest BCUT2D eigenvalue weighted by Crippen LogP contribution is -2.52. The molecule has 0 spiro atoms. The number of hydrogen-bond donors (Lipinski definition) is 1. The van der Waals surface area contributed by atoms with Crippen molar-refractivity contribution >= 4 is 5.91 Å². The van der Waals surface area contributed by atoms with Crippen LogP contribution in [0.3, 0.4) is 0 Å². The predicted molar refractivity (Wildman–Crippen MR) is 79.1 cm³/mol. The summed E-state index contributed by atoms with van der Waals surface area (Å²) in [6, 6.07) is 9.07. The number of furan rings is 1. The van der Waals surface area contributed by atoms with E-state index in [0.717, 1.165) is 12.8 Å². The Balaban J connectivity index is 1.60. The fraction of sp³-hybridized carbons (Fsp3) is 0.412. The number of hydrogen-bond acceptors (Lipinski definition) is 4. The monoisotopic (exact) mass is 298 g/mol. The molecule has 2 bridgehead atoms. The minimum Gasteiger partial charge on any atom is -0.466 e. The Morgan fingerprint density at radius 3 is 2.59 bits per heavy atom. The lowest BCUT2D eigenvalue weighted by molar-refractivity contribution is -0.0616. The SMILES string of the molecule is O=C(c1ccccn1)N1[C@@H]2CC[C@H]1CC(O)(c1ccco1)C2. The van der Waals surface area contributed by atoms with Crippen LogP contribution in [-0.2, 0) is 5.60 Å². The molecule has 2 aliphatic heterocycles. The first-order valence-corrected chi connectivity index (χ1v) is 7.67. The van der Waals surface area contributed by atoms with Gasteiger partial charge in [-0.1, -0.05) is 6.07 Å². The van der Waals surface area contributed by atoms with Crippen molar-refractivity contribution in [3.63, 3.8) is 0 Å². The van der Waals surface area contributed by atoms with Crippen molar-refractivity contribution in [3.8, 4) is 0 Å². The molecule has 114 valence electrons. The minimum absolute atomic E-state index is 0.0328. The Hall–Kier alpha value is -2.14. The van der Waals surface area contributed by atoms with Gasteiger partial charge < -0.3 is 14.4 Å². The third-order valence-electron chi connectivity index (χ3n) is 4.86. The Kier molecular flexibility index (Phi) is 3.04. The summed E-state index contributed by atoms with van der Waals surface area (Å²) in [6.07, 6.45) is 6.11. The summed E-state index contributed by atoms with van der Waals surface area (Å²) in [5.74, 6) is 0.573. The topological polar surface area (TPSA) is 66.6 Å². The van der Waals surface area contributed by atoms with E-state index in [-0.39, 0.29) is 18.0 Å². The van der Waals surface area contributed by atoms with E-state index >= 15 is 0 Å². The van der Waals surface area contributed by atoms with Gasteiger partial charge in [0.05, 0.1) is 6.26 Å². The van der Waals surface area contributed by atoms with Gasteiger partial charge in [-0.15, -0.1) is 0 Å². The molecule has 2 aliphatic rings. The van der Waals surface area contributed by atoms with Gasteiger partial charge >= 0.3 is 0 Å². The zero-order valence-electron chi connectivity index (χ0n) is 12.2. The number of aliphatic hydroxyl groups is 1. The maximum atomic E-state index is 12.7. The highest BCUT2D eigenvalue weighted by Gasteiger charge is 2.51. The molecule has 2 aromatic heterocycles. The second-order valence-electron chi connectivity index (χ2n) is 6.23. The number of carbonyl (C=O) groups is 1. The summed E-state index contributed by atoms with van der Waals surface area (Å²) >= 11 is 0. The average Bonchev–Trinajstić information content (AvgIpc) is 3.16. The first-order chi connectivity index (χ1) is 10.7. The van der Waals surface area contributed by atoms with E-state index in [4.69, 9.17) is 4.42 Å². The Labute approximate surface area is 128 Å². The van der Waals surface area contributed by atoms with E-state index in [1.807, 2.05) is 17.0 Å². The molecule has 4 rings (SSSR count). The van der Waals surface area contributed by atoms with E-state index in [2.05, 4.69) is 4.98 Å².